The van der Waals surface area contributed by atoms with Gasteiger partial charge in [0.1, 0.15) is 0 Å². The van der Waals surface area contributed by atoms with Gasteiger partial charge in [-0.2, -0.15) is 0 Å². The van der Waals surface area contributed by atoms with Gasteiger partial charge in [0.2, 0.25) is 0 Å². The molecule has 0 heterocycles. The quantitative estimate of drug-likeness (QED) is 0.855. The molecule has 1 aromatic carbocycles. The molecule has 0 spiro atoms. The molecule has 1 N–H and O–H groups in total. The minimum atomic E-state index is 0.737. The fourth-order valence-electron chi connectivity index (χ4n) is 2.83. The molecule has 3 heteroatoms. The molecule has 1 aliphatic rings. The van der Waals surface area contributed by atoms with Crippen molar-refractivity contribution in [3.63, 3.8) is 0 Å². The Morgan fingerprint density at radius 2 is 1.74 bits per heavy atom. The third-order valence-corrected chi connectivity index (χ3v) is 4.02. The summed E-state index contributed by atoms with van der Waals surface area (Å²) in [6, 6.07) is 4.90. The van der Waals surface area contributed by atoms with Crippen LogP contribution in [0.15, 0.2) is 12.1 Å². The molecule has 106 valence electrons. The third kappa shape index (κ3) is 3.63. The zero-order valence-corrected chi connectivity index (χ0v) is 12.3. The zero-order valence-electron chi connectivity index (χ0n) is 12.3. The second-order valence-corrected chi connectivity index (χ2v) is 5.32. The van der Waals surface area contributed by atoms with Gasteiger partial charge >= 0.3 is 0 Å². The molecule has 3 nitrogen and oxygen atoms in total. The van der Waals surface area contributed by atoms with Crippen LogP contribution in [0.3, 0.4) is 0 Å². The molecule has 0 bridgehead atoms. The Balaban J connectivity index is 1.95. The number of methoxy groups -OCH3 is 2. The van der Waals surface area contributed by atoms with Gasteiger partial charge in [0, 0.05) is 6.04 Å². The van der Waals surface area contributed by atoms with Gasteiger partial charge in [0.25, 0.3) is 0 Å². The standard InChI is InChI=1S/C16H25NO2/c1-12-10-15(18-2)16(19-3)11-13(12)8-9-17-14-6-4-5-7-14/h10-11,14,17H,4-9H2,1-3H3. The first kappa shape index (κ1) is 14.2. The molecule has 0 saturated heterocycles. The molecule has 0 radical (unpaired) electrons. The Hall–Kier alpha value is -1.22. The lowest BCUT2D eigenvalue weighted by Gasteiger charge is -2.15. The van der Waals surface area contributed by atoms with Crippen LogP contribution < -0.4 is 14.8 Å². The first-order chi connectivity index (χ1) is 9.24. The van der Waals surface area contributed by atoms with Crippen LogP contribution in [0.1, 0.15) is 36.8 Å². The van der Waals surface area contributed by atoms with Crippen molar-refractivity contribution in [3.05, 3.63) is 23.3 Å². The molecule has 1 fully saturated rings. The van der Waals surface area contributed by atoms with E-state index < -0.39 is 0 Å². The van der Waals surface area contributed by atoms with Gasteiger partial charge in [0.15, 0.2) is 11.5 Å². The lowest BCUT2D eigenvalue weighted by atomic mass is 10.0. The predicted octanol–water partition coefficient (Wildman–Crippen LogP) is 3.09. The van der Waals surface area contributed by atoms with E-state index in [2.05, 4.69) is 24.4 Å². The second kappa shape index (κ2) is 6.80. The smallest absolute Gasteiger partial charge is 0.161 e. The lowest BCUT2D eigenvalue weighted by Crippen LogP contribution is -2.28. The van der Waals surface area contributed by atoms with E-state index in [1.807, 2.05) is 0 Å². The molecule has 0 amide bonds. The summed E-state index contributed by atoms with van der Waals surface area (Å²) in [6.07, 6.45) is 6.48. The van der Waals surface area contributed by atoms with Gasteiger partial charge < -0.3 is 14.8 Å². The van der Waals surface area contributed by atoms with Crippen LogP contribution in [0.5, 0.6) is 11.5 Å². The summed E-state index contributed by atoms with van der Waals surface area (Å²) in [5, 5.41) is 3.65. The molecule has 0 atom stereocenters. The Labute approximate surface area is 116 Å². The summed E-state index contributed by atoms with van der Waals surface area (Å²) in [6.45, 7) is 3.17. The number of benzene rings is 1. The number of rotatable bonds is 6. The van der Waals surface area contributed by atoms with Crippen molar-refractivity contribution in [3.8, 4) is 11.5 Å². The molecular formula is C16H25NO2. The van der Waals surface area contributed by atoms with Crippen molar-refractivity contribution in [1.29, 1.82) is 0 Å². The average Bonchev–Trinajstić information content (AvgIpc) is 2.93. The molecule has 2 rings (SSSR count). The molecule has 1 aliphatic carbocycles. The van der Waals surface area contributed by atoms with E-state index in [-0.39, 0.29) is 0 Å². The van der Waals surface area contributed by atoms with Crippen molar-refractivity contribution >= 4 is 0 Å². The van der Waals surface area contributed by atoms with Gasteiger partial charge in [0.05, 0.1) is 14.2 Å². The first-order valence-electron chi connectivity index (χ1n) is 7.19. The fourth-order valence-corrected chi connectivity index (χ4v) is 2.83. The Bertz CT molecular complexity index is 411. The maximum absolute atomic E-state index is 5.37. The zero-order chi connectivity index (χ0) is 13.7. The van der Waals surface area contributed by atoms with Gasteiger partial charge in [-0.3, -0.25) is 0 Å². The first-order valence-corrected chi connectivity index (χ1v) is 7.19. The van der Waals surface area contributed by atoms with Crippen LogP contribution in [0.2, 0.25) is 0 Å². The monoisotopic (exact) mass is 263 g/mol. The SMILES string of the molecule is COc1cc(C)c(CCNC2CCCC2)cc1OC. The number of hydrogen-bond donors (Lipinski definition) is 1. The minimum absolute atomic E-state index is 0.737. The molecule has 0 aromatic heterocycles. The normalized spacial score (nSPS) is 15.7. The van der Waals surface area contributed by atoms with Gasteiger partial charge in [-0.15, -0.1) is 0 Å². The van der Waals surface area contributed by atoms with Gasteiger partial charge in [-0.25, -0.2) is 0 Å². The van der Waals surface area contributed by atoms with Crippen molar-refractivity contribution in [2.75, 3.05) is 20.8 Å². The summed E-state index contributed by atoms with van der Waals surface area (Å²) in [4.78, 5) is 0. The van der Waals surface area contributed by atoms with Crippen molar-refractivity contribution < 1.29 is 9.47 Å². The van der Waals surface area contributed by atoms with E-state index in [1.54, 1.807) is 14.2 Å². The van der Waals surface area contributed by atoms with Crippen LogP contribution in [-0.2, 0) is 6.42 Å². The van der Waals surface area contributed by atoms with Crippen LogP contribution >= 0.6 is 0 Å². The van der Waals surface area contributed by atoms with E-state index in [4.69, 9.17) is 9.47 Å². The maximum atomic E-state index is 5.37. The molecule has 1 aromatic rings. The lowest BCUT2D eigenvalue weighted by molar-refractivity contribution is 0.354. The van der Waals surface area contributed by atoms with Crippen LogP contribution in [-0.4, -0.2) is 26.8 Å². The molecular weight excluding hydrogens is 238 g/mol. The van der Waals surface area contributed by atoms with E-state index in [9.17, 15) is 0 Å². The maximum Gasteiger partial charge on any atom is 0.161 e. The van der Waals surface area contributed by atoms with Crippen LogP contribution in [0.25, 0.3) is 0 Å². The summed E-state index contributed by atoms with van der Waals surface area (Å²) in [7, 11) is 3.37. The van der Waals surface area contributed by atoms with Gasteiger partial charge in [-0.05, 0) is 56.0 Å². The summed E-state index contributed by atoms with van der Waals surface area (Å²) < 4.78 is 10.7. The van der Waals surface area contributed by atoms with Crippen LogP contribution in [0, 0.1) is 6.92 Å². The highest BCUT2D eigenvalue weighted by molar-refractivity contribution is 5.47. The van der Waals surface area contributed by atoms with E-state index >= 15 is 0 Å². The number of ether oxygens (including phenoxy) is 2. The largest absolute Gasteiger partial charge is 0.493 e. The van der Waals surface area contributed by atoms with Crippen molar-refractivity contribution in [1.82, 2.24) is 5.32 Å². The van der Waals surface area contributed by atoms with E-state index in [0.29, 0.717) is 0 Å². The van der Waals surface area contributed by atoms with Crippen molar-refractivity contribution in [2.45, 2.75) is 45.1 Å². The molecule has 19 heavy (non-hydrogen) atoms. The molecule has 1 saturated carbocycles. The fraction of sp³-hybridized carbons (Fsp3) is 0.625. The Morgan fingerprint density at radius 1 is 1.11 bits per heavy atom. The highest BCUT2D eigenvalue weighted by Crippen LogP contribution is 2.30. The topological polar surface area (TPSA) is 30.5 Å². The predicted molar refractivity (Wildman–Crippen MR) is 78.2 cm³/mol. The Morgan fingerprint density at radius 3 is 2.37 bits per heavy atom. The van der Waals surface area contributed by atoms with E-state index in [0.717, 1.165) is 30.5 Å². The summed E-state index contributed by atoms with van der Waals surface area (Å²) >= 11 is 0. The van der Waals surface area contributed by atoms with Crippen LogP contribution in [0.4, 0.5) is 0 Å². The highest BCUT2D eigenvalue weighted by atomic mass is 16.5. The number of aryl methyl sites for hydroxylation is 1. The molecule has 0 unspecified atom stereocenters. The van der Waals surface area contributed by atoms with Gasteiger partial charge in [-0.1, -0.05) is 12.8 Å². The third-order valence-electron chi connectivity index (χ3n) is 4.02. The van der Waals surface area contributed by atoms with E-state index in [1.165, 1.54) is 36.8 Å². The number of nitrogens with one attached hydrogen (secondary N) is 1. The molecule has 0 aliphatic heterocycles. The summed E-state index contributed by atoms with van der Waals surface area (Å²) in [5.41, 5.74) is 2.61. The van der Waals surface area contributed by atoms with Crippen molar-refractivity contribution in [2.24, 2.45) is 0 Å². The highest BCUT2D eigenvalue weighted by Gasteiger charge is 2.14. The minimum Gasteiger partial charge on any atom is -0.493 e. The number of hydrogen-bond acceptors (Lipinski definition) is 3. The summed E-state index contributed by atoms with van der Waals surface area (Å²) in [5.74, 6) is 1.64. The Kier molecular flexibility index (Phi) is 5.08. The second-order valence-electron chi connectivity index (χ2n) is 5.32. The average molecular weight is 263 g/mol.